The molecule has 0 fully saturated rings. The molecule has 0 bridgehead atoms. The Labute approximate surface area is 463 Å². The molecular weight excluding hydrogens is 952 g/mol. The van der Waals surface area contributed by atoms with Crippen molar-refractivity contribution in [1.29, 1.82) is 0 Å². The molecule has 0 aliphatic heterocycles. The highest BCUT2D eigenvalue weighted by Crippen LogP contribution is 2.43. The number of hydrogen-bond acceptors (Lipinski definition) is 6. The third-order valence-electron chi connectivity index (χ3n) is 13.3. The summed E-state index contributed by atoms with van der Waals surface area (Å²) in [6, 6.07) is -0.858. The van der Waals surface area contributed by atoms with Crippen LogP contribution in [0, 0.1) is 0 Å². The Morgan fingerprint density at radius 3 is 1.31 bits per heavy atom. The fourth-order valence-corrected chi connectivity index (χ4v) is 9.29. The largest absolute Gasteiger partial charge is 0.472 e. The predicted octanol–water partition coefficient (Wildman–Crippen LogP) is 19.0. The van der Waals surface area contributed by atoms with E-state index in [0.717, 1.165) is 116 Å². The van der Waals surface area contributed by atoms with Gasteiger partial charge in [0.2, 0.25) is 5.91 Å². The third-order valence-corrected chi connectivity index (χ3v) is 14.3. The molecule has 75 heavy (non-hydrogen) atoms. The molecule has 3 unspecified atom stereocenters. The van der Waals surface area contributed by atoms with Crippen molar-refractivity contribution in [3.63, 3.8) is 0 Å². The first-order valence-corrected chi connectivity index (χ1v) is 32.4. The minimum absolute atomic E-state index is 0.0344. The number of ether oxygens (including phenoxy) is 1. The third kappa shape index (κ3) is 55.7. The van der Waals surface area contributed by atoms with Crippen LogP contribution >= 0.6 is 7.82 Å². The van der Waals surface area contributed by atoms with Crippen LogP contribution in [0.25, 0.3) is 0 Å². The Morgan fingerprint density at radius 1 is 0.480 bits per heavy atom. The van der Waals surface area contributed by atoms with Crippen molar-refractivity contribution < 1.29 is 37.3 Å². The topological polar surface area (TPSA) is 111 Å². The lowest BCUT2D eigenvalue weighted by atomic mass is 10.1. The summed E-state index contributed by atoms with van der Waals surface area (Å²) in [5, 5.41) is 3.05. The standard InChI is InChI=1S/C65H117N2O7P/c1-7-10-13-16-19-22-25-27-29-30-31-32-33-34-35-36-38-40-43-46-49-52-55-58-65(69)74-63(56-53-50-47-44-41-24-21-18-15-12-9-3)62(61-73-75(70,71)72-60-59-67(4,5)6)66-64(68)57-54-51-48-45-42-39-37-28-26-23-20-17-14-11-8-2/h10,13,19,22-23,26-27,29,31-32,34-35,53,56,62-63H,7-9,11-12,14-18,20-21,24-25,28,30,33,36-52,54-55,57-61H2,1-6H3,(H-,66,68,70,71)/p+1/b13-10-,22-19-,26-23-,29-27-,32-31-,35-34-,56-53-. The van der Waals surface area contributed by atoms with Crippen molar-refractivity contribution in [3.05, 3.63) is 85.1 Å². The van der Waals surface area contributed by atoms with Gasteiger partial charge in [-0.15, -0.1) is 0 Å². The Balaban J connectivity index is 5.21. The van der Waals surface area contributed by atoms with Crippen molar-refractivity contribution in [1.82, 2.24) is 5.32 Å². The number of carbonyl (C=O) groups excluding carboxylic acids is 2. The predicted molar refractivity (Wildman–Crippen MR) is 323 cm³/mol. The maximum Gasteiger partial charge on any atom is 0.472 e. The molecule has 0 saturated carbocycles. The molecule has 2 N–H and O–H groups in total. The summed E-state index contributed by atoms with van der Waals surface area (Å²) in [7, 11) is 1.48. The van der Waals surface area contributed by atoms with Gasteiger partial charge in [0.05, 0.1) is 33.8 Å². The number of nitrogens with zero attached hydrogens (tertiary/aromatic N) is 1. The second-order valence-corrected chi connectivity index (χ2v) is 23.3. The van der Waals surface area contributed by atoms with Crippen molar-refractivity contribution >= 4 is 19.7 Å². The van der Waals surface area contributed by atoms with Crippen LogP contribution in [-0.4, -0.2) is 74.3 Å². The minimum atomic E-state index is -4.45. The van der Waals surface area contributed by atoms with Gasteiger partial charge < -0.3 is 19.4 Å². The van der Waals surface area contributed by atoms with E-state index in [4.69, 9.17) is 13.8 Å². The summed E-state index contributed by atoms with van der Waals surface area (Å²) in [6.07, 6.45) is 71.5. The highest BCUT2D eigenvalue weighted by atomic mass is 31.2. The Hall–Kier alpha value is -2.81. The fraction of sp³-hybridized carbons (Fsp3) is 0.754. The van der Waals surface area contributed by atoms with Crippen LogP contribution in [0.15, 0.2) is 85.1 Å². The maximum atomic E-state index is 13.5. The van der Waals surface area contributed by atoms with E-state index in [1.165, 1.54) is 116 Å². The maximum absolute atomic E-state index is 13.5. The van der Waals surface area contributed by atoms with E-state index in [1.54, 1.807) is 0 Å². The van der Waals surface area contributed by atoms with Crippen molar-refractivity contribution in [2.45, 2.75) is 277 Å². The zero-order chi connectivity index (χ0) is 55.0. The van der Waals surface area contributed by atoms with E-state index < -0.39 is 20.0 Å². The highest BCUT2D eigenvalue weighted by Gasteiger charge is 2.30. The van der Waals surface area contributed by atoms with E-state index in [0.29, 0.717) is 17.4 Å². The smallest absolute Gasteiger partial charge is 0.456 e. The van der Waals surface area contributed by atoms with E-state index in [9.17, 15) is 19.0 Å². The summed E-state index contributed by atoms with van der Waals surface area (Å²) >= 11 is 0. The number of unbranched alkanes of at least 4 members (excludes halogenated alkanes) is 27. The summed E-state index contributed by atoms with van der Waals surface area (Å²) in [5.41, 5.74) is 0. The number of phosphoric acid groups is 1. The number of nitrogens with one attached hydrogen (secondary N) is 1. The van der Waals surface area contributed by atoms with Crippen molar-refractivity contribution in [3.8, 4) is 0 Å². The summed E-state index contributed by atoms with van der Waals surface area (Å²) in [6.45, 7) is 6.87. The van der Waals surface area contributed by atoms with Gasteiger partial charge >= 0.3 is 13.8 Å². The van der Waals surface area contributed by atoms with Crippen LogP contribution in [0.4, 0.5) is 0 Å². The first-order valence-electron chi connectivity index (χ1n) is 30.9. The molecule has 0 aromatic rings. The zero-order valence-electron chi connectivity index (χ0n) is 49.5. The van der Waals surface area contributed by atoms with Gasteiger partial charge in [-0.25, -0.2) is 4.57 Å². The summed E-state index contributed by atoms with van der Waals surface area (Å²) < 4.78 is 30.7. The quantitative estimate of drug-likeness (QED) is 0.0205. The Bertz CT molecular complexity index is 1560. The lowest BCUT2D eigenvalue weighted by Crippen LogP contribution is -2.47. The number of likely N-dealkylation sites (N-methyl/N-ethyl adjacent to an activating group) is 1. The molecule has 10 heteroatoms. The van der Waals surface area contributed by atoms with Gasteiger partial charge in [0.1, 0.15) is 19.3 Å². The molecule has 3 atom stereocenters. The van der Waals surface area contributed by atoms with Crippen LogP contribution in [0.1, 0.15) is 265 Å². The van der Waals surface area contributed by atoms with Gasteiger partial charge in [0.25, 0.3) is 0 Å². The first kappa shape index (κ1) is 72.2. The number of esters is 1. The second kappa shape index (κ2) is 54.5. The molecule has 0 aliphatic carbocycles. The van der Waals surface area contributed by atoms with E-state index in [-0.39, 0.29) is 31.5 Å². The van der Waals surface area contributed by atoms with Crippen LogP contribution < -0.4 is 5.32 Å². The average Bonchev–Trinajstić information content (AvgIpc) is 3.37. The van der Waals surface area contributed by atoms with Gasteiger partial charge in [-0.05, 0) is 102 Å². The number of rotatable bonds is 55. The lowest BCUT2D eigenvalue weighted by Gasteiger charge is -2.27. The summed E-state index contributed by atoms with van der Waals surface area (Å²) in [5.74, 6) is -0.524. The number of phosphoric ester groups is 1. The van der Waals surface area contributed by atoms with Crippen molar-refractivity contribution in [2.24, 2.45) is 0 Å². The Kier molecular flexibility index (Phi) is 52.5. The molecule has 0 aromatic heterocycles. The average molecular weight is 1070 g/mol. The number of hydrogen-bond donors (Lipinski definition) is 2. The molecule has 0 aromatic carbocycles. The lowest BCUT2D eigenvalue weighted by molar-refractivity contribution is -0.870. The van der Waals surface area contributed by atoms with Crippen LogP contribution in [0.3, 0.4) is 0 Å². The van der Waals surface area contributed by atoms with E-state index >= 15 is 0 Å². The molecule has 0 saturated heterocycles. The van der Waals surface area contributed by atoms with Crippen molar-refractivity contribution in [2.75, 3.05) is 40.9 Å². The van der Waals surface area contributed by atoms with Gasteiger partial charge in [-0.1, -0.05) is 235 Å². The number of quaternary nitrogens is 1. The number of allylic oxidation sites excluding steroid dienone is 13. The van der Waals surface area contributed by atoms with Gasteiger partial charge in [0, 0.05) is 12.8 Å². The first-order chi connectivity index (χ1) is 36.4. The normalized spacial score (nSPS) is 14.3. The molecule has 0 radical (unpaired) electrons. The molecule has 0 spiro atoms. The molecule has 9 nitrogen and oxygen atoms in total. The zero-order valence-corrected chi connectivity index (χ0v) is 50.4. The van der Waals surface area contributed by atoms with Gasteiger partial charge in [-0.2, -0.15) is 0 Å². The SMILES string of the molecule is CC/C=C\C/C=C\C/C=C\C/C=C\C/C=C\CCCCCCCCCC(=O)OC(/C=C\CCCCCCCCCCC)C(COP(=O)(O)OCC[N+](C)(C)C)NC(=O)CCCCCCCCC/C=C\CCCCCC. The highest BCUT2D eigenvalue weighted by molar-refractivity contribution is 7.47. The molecule has 0 aliphatic rings. The summed E-state index contributed by atoms with van der Waals surface area (Å²) in [4.78, 5) is 37.7. The molecule has 0 heterocycles. The molecular formula is C65H118N2O7P+. The van der Waals surface area contributed by atoms with Gasteiger partial charge in [0.15, 0.2) is 0 Å². The monoisotopic (exact) mass is 1070 g/mol. The molecule has 1 amide bonds. The minimum Gasteiger partial charge on any atom is -0.456 e. The van der Waals surface area contributed by atoms with E-state index in [2.05, 4.69) is 99.0 Å². The Morgan fingerprint density at radius 2 is 0.853 bits per heavy atom. The number of carbonyl (C=O) groups is 2. The van der Waals surface area contributed by atoms with Crippen LogP contribution in [-0.2, 0) is 27.9 Å². The van der Waals surface area contributed by atoms with Crippen LogP contribution in [0.5, 0.6) is 0 Å². The molecule has 0 rings (SSSR count). The number of amides is 1. The van der Waals surface area contributed by atoms with Crippen LogP contribution in [0.2, 0.25) is 0 Å². The molecule has 434 valence electrons. The van der Waals surface area contributed by atoms with E-state index in [1.807, 2.05) is 33.3 Å². The van der Waals surface area contributed by atoms with Gasteiger partial charge in [-0.3, -0.25) is 18.6 Å². The second-order valence-electron chi connectivity index (χ2n) is 21.8. The fourth-order valence-electron chi connectivity index (χ4n) is 8.55.